The molecular formula is C23H26ClN7O3S. The topological polar surface area (TPSA) is 135 Å². The molecule has 0 amide bonds. The number of methoxy groups -OCH3 is 1. The van der Waals surface area contributed by atoms with Crippen molar-refractivity contribution in [1.29, 1.82) is 5.26 Å². The van der Waals surface area contributed by atoms with Crippen molar-refractivity contribution in [2.24, 2.45) is 5.92 Å². The van der Waals surface area contributed by atoms with Gasteiger partial charge in [0.2, 0.25) is 16.0 Å². The third-order valence-corrected chi connectivity index (χ3v) is 7.24. The summed E-state index contributed by atoms with van der Waals surface area (Å²) in [4.78, 5) is 8.93. The van der Waals surface area contributed by atoms with Crippen molar-refractivity contribution in [3.63, 3.8) is 0 Å². The third kappa shape index (κ3) is 6.41. The molecule has 35 heavy (non-hydrogen) atoms. The van der Waals surface area contributed by atoms with Gasteiger partial charge in [0.05, 0.1) is 49.5 Å². The van der Waals surface area contributed by atoms with Gasteiger partial charge in [0.25, 0.3) is 0 Å². The Morgan fingerprint density at radius 2 is 2.11 bits per heavy atom. The molecule has 1 saturated carbocycles. The molecule has 1 aromatic carbocycles. The summed E-state index contributed by atoms with van der Waals surface area (Å²) in [6.07, 6.45) is 8.14. The standard InChI is InChI=1S/C23H26ClN7O3S/c1-34-21-14-26-23(28-18-4-2-5-19(12-18)30-35(32,33)11-3-9-24)29-22(21)17-13-27-31(15-17)20(8-10-25)16-6-7-16/h2,4-5,12-16,20,30H,3,6-9,11H2,1H3,(H,26,28,29). The average Bonchev–Trinajstić information content (AvgIpc) is 3.57. The molecule has 4 rings (SSSR count). The molecule has 0 saturated heterocycles. The highest BCUT2D eigenvalue weighted by molar-refractivity contribution is 7.92. The Bertz CT molecular complexity index is 1320. The third-order valence-electron chi connectivity index (χ3n) is 5.60. The number of rotatable bonds is 12. The number of ether oxygens (including phenoxy) is 1. The second kappa shape index (κ2) is 10.9. The molecule has 0 aliphatic heterocycles. The largest absolute Gasteiger partial charge is 0.493 e. The molecule has 1 aliphatic rings. The van der Waals surface area contributed by atoms with Crippen LogP contribution in [0.15, 0.2) is 42.9 Å². The van der Waals surface area contributed by atoms with Crippen LogP contribution in [0.4, 0.5) is 17.3 Å². The molecule has 184 valence electrons. The van der Waals surface area contributed by atoms with Crippen LogP contribution in [0.25, 0.3) is 11.3 Å². The fourth-order valence-electron chi connectivity index (χ4n) is 3.74. The minimum Gasteiger partial charge on any atom is -0.493 e. The van der Waals surface area contributed by atoms with Crippen molar-refractivity contribution in [2.45, 2.75) is 31.7 Å². The van der Waals surface area contributed by atoms with E-state index in [2.05, 4.69) is 31.2 Å². The van der Waals surface area contributed by atoms with Crippen LogP contribution in [-0.2, 0) is 10.0 Å². The Morgan fingerprint density at radius 3 is 2.83 bits per heavy atom. The molecule has 3 aromatic rings. The van der Waals surface area contributed by atoms with E-state index in [9.17, 15) is 13.7 Å². The highest BCUT2D eigenvalue weighted by Gasteiger charge is 2.33. The van der Waals surface area contributed by atoms with Gasteiger partial charge in [0, 0.05) is 23.3 Å². The van der Waals surface area contributed by atoms with E-state index in [1.165, 1.54) is 0 Å². The first-order chi connectivity index (χ1) is 16.9. The fraction of sp³-hybridized carbons (Fsp3) is 0.391. The summed E-state index contributed by atoms with van der Waals surface area (Å²) in [6, 6.07) is 9.13. The maximum atomic E-state index is 12.2. The summed E-state index contributed by atoms with van der Waals surface area (Å²) in [5.74, 6) is 1.50. The molecule has 1 aliphatic carbocycles. The van der Waals surface area contributed by atoms with Crippen LogP contribution >= 0.6 is 11.6 Å². The van der Waals surface area contributed by atoms with Crippen LogP contribution in [0.3, 0.4) is 0 Å². The van der Waals surface area contributed by atoms with Gasteiger partial charge < -0.3 is 10.1 Å². The van der Waals surface area contributed by atoms with Gasteiger partial charge in [-0.3, -0.25) is 9.40 Å². The summed E-state index contributed by atoms with van der Waals surface area (Å²) in [7, 11) is -1.94. The van der Waals surface area contributed by atoms with Gasteiger partial charge in [-0.1, -0.05) is 6.07 Å². The number of benzene rings is 1. The summed E-state index contributed by atoms with van der Waals surface area (Å²) < 4.78 is 34.2. The summed E-state index contributed by atoms with van der Waals surface area (Å²) in [5.41, 5.74) is 2.33. The van der Waals surface area contributed by atoms with Crippen molar-refractivity contribution in [2.75, 3.05) is 28.8 Å². The number of aromatic nitrogens is 4. The molecule has 2 heterocycles. The van der Waals surface area contributed by atoms with Crippen molar-refractivity contribution in [3.8, 4) is 23.1 Å². The first-order valence-corrected chi connectivity index (χ1v) is 13.4. The number of nitrogens with one attached hydrogen (secondary N) is 2. The number of anilines is 3. The monoisotopic (exact) mass is 515 g/mol. The number of hydrogen-bond acceptors (Lipinski definition) is 8. The Kier molecular flexibility index (Phi) is 7.73. The van der Waals surface area contributed by atoms with E-state index in [0.717, 1.165) is 18.4 Å². The zero-order valence-electron chi connectivity index (χ0n) is 19.2. The number of sulfonamides is 1. The van der Waals surface area contributed by atoms with Gasteiger partial charge in [0.1, 0.15) is 5.69 Å². The lowest BCUT2D eigenvalue weighted by Crippen LogP contribution is -2.17. The van der Waals surface area contributed by atoms with E-state index in [1.54, 1.807) is 43.8 Å². The first kappa shape index (κ1) is 24.8. The van der Waals surface area contributed by atoms with Crippen LogP contribution in [-0.4, -0.2) is 46.9 Å². The van der Waals surface area contributed by atoms with Crippen LogP contribution in [0.1, 0.15) is 31.7 Å². The normalized spacial score (nSPS) is 14.2. The van der Waals surface area contributed by atoms with Crippen molar-refractivity contribution in [3.05, 3.63) is 42.9 Å². The number of hydrogen-bond donors (Lipinski definition) is 2. The number of nitriles is 1. The Hall–Kier alpha value is -3.36. The molecule has 2 N–H and O–H groups in total. The highest BCUT2D eigenvalue weighted by Crippen LogP contribution is 2.41. The van der Waals surface area contributed by atoms with Crippen LogP contribution in [0.5, 0.6) is 5.75 Å². The van der Waals surface area contributed by atoms with E-state index in [1.807, 2.05) is 10.9 Å². The van der Waals surface area contributed by atoms with E-state index >= 15 is 0 Å². The summed E-state index contributed by atoms with van der Waals surface area (Å²) in [6.45, 7) is 0. The van der Waals surface area contributed by atoms with Crippen LogP contribution in [0.2, 0.25) is 0 Å². The first-order valence-electron chi connectivity index (χ1n) is 11.2. The molecule has 2 aromatic heterocycles. The second-order valence-corrected chi connectivity index (χ2v) is 10.5. The minimum absolute atomic E-state index is 0.0510. The van der Waals surface area contributed by atoms with Gasteiger partial charge >= 0.3 is 0 Å². The molecule has 10 nitrogen and oxygen atoms in total. The molecule has 0 spiro atoms. The smallest absolute Gasteiger partial charge is 0.232 e. The molecular weight excluding hydrogens is 490 g/mol. The number of halogens is 1. The predicted molar refractivity (Wildman–Crippen MR) is 134 cm³/mol. The van der Waals surface area contributed by atoms with E-state index in [4.69, 9.17) is 16.3 Å². The molecule has 0 bridgehead atoms. The molecule has 1 unspecified atom stereocenters. The van der Waals surface area contributed by atoms with Crippen molar-refractivity contribution in [1.82, 2.24) is 19.7 Å². The maximum Gasteiger partial charge on any atom is 0.232 e. The lowest BCUT2D eigenvalue weighted by atomic mass is 10.1. The van der Waals surface area contributed by atoms with Gasteiger partial charge in [-0.2, -0.15) is 10.4 Å². The average molecular weight is 516 g/mol. The Balaban J connectivity index is 1.55. The lowest BCUT2D eigenvalue weighted by molar-refractivity contribution is 0.411. The molecule has 0 radical (unpaired) electrons. The molecule has 12 heteroatoms. The highest BCUT2D eigenvalue weighted by atomic mass is 35.5. The zero-order chi connectivity index (χ0) is 24.8. The van der Waals surface area contributed by atoms with Gasteiger partial charge in [0.15, 0.2) is 5.75 Å². The van der Waals surface area contributed by atoms with Gasteiger partial charge in [-0.05, 0) is 43.4 Å². The van der Waals surface area contributed by atoms with Crippen LogP contribution in [0, 0.1) is 17.2 Å². The number of alkyl halides is 1. The van der Waals surface area contributed by atoms with Crippen molar-refractivity contribution < 1.29 is 13.2 Å². The lowest BCUT2D eigenvalue weighted by Gasteiger charge is -2.13. The summed E-state index contributed by atoms with van der Waals surface area (Å²) in [5, 5.41) is 16.8. The molecule has 1 fully saturated rings. The van der Waals surface area contributed by atoms with E-state index < -0.39 is 10.0 Å². The molecule has 1 atom stereocenters. The quantitative estimate of drug-likeness (QED) is 0.340. The Morgan fingerprint density at radius 1 is 1.31 bits per heavy atom. The van der Waals surface area contributed by atoms with Gasteiger partial charge in [-0.15, -0.1) is 11.6 Å². The SMILES string of the molecule is COc1cnc(Nc2cccc(NS(=O)(=O)CCCCl)c2)nc1-c1cnn(C(CC#N)C2CC2)c1. The second-order valence-electron chi connectivity index (χ2n) is 8.26. The predicted octanol–water partition coefficient (Wildman–Crippen LogP) is 4.33. The number of nitrogens with zero attached hydrogens (tertiary/aromatic N) is 5. The van der Waals surface area contributed by atoms with E-state index in [0.29, 0.717) is 47.5 Å². The van der Waals surface area contributed by atoms with Crippen LogP contribution < -0.4 is 14.8 Å². The summed E-state index contributed by atoms with van der Waals surface area (Å²) >= 11 is 5.61. The maximum absolute atomic E-state index is 12.2. The van der Waals surface area contributed by atoms with Crippen molar-refractivity contribution >= 4 is 38.9 Å². The van der Waals surface area contributed by atoms with E-state index in [-0.39, 0.29) is 17.7 Å². The van der Waals surface area contributed by atoms with Gasteiger partial charge in [-0.25, -0.2) is 18.4 Å². The minimum atomic E-state index is -3.49. The zero-order valence-corrected chi connectivity index (χ0v) is 20.8. The Labute approximate surface area is 209 Å². The fourth-order valence-corrected chi connectivity index (χ4v) is 5.15.